The topological polar surface area (TPSA) is 0 Å². The third-order valence-corrected chi connectivity index (χ3v) is 9.27. The second kappa shape index (κ2) is 10.6. The van der Waals surface area contributed by atoms with Crippen molar-refractivity contribution in [3.63, 3.8) is 0 Å². The van der Waals surface area contributed by atoms with Gasteiger partial charge in [0.2, 0.25) is 0 Å². The summed E-state index contributed by atoms with van der Waals surface area (Å²) < 4.78 is 0. The highest BCUT2D eigenvalue weighted by atomic mass is 14.3. The van der Waals surface area contributed by atoms with Crippen LogP contribution in [0.15, 0.2) is 84.5 Å². The van der Waals surface area contributed by atoms with Crippen molar-refractivity contribution in [2.45, 2.75) is 79.1 Å². The molecule has 0 radical (unpaired) electrons. The lowest BCUT2D eigenvalue weighted by atomic mass is 9.71. The summed E-state index contributed by atoms with van der Waals surface area (Å²) in [6, 6.07) is 16.1. The van der Waals surface area contributed by atoms with Gasteiger partial charge in [-0.1, -0.05) is 132 Å². The fourth-order valence-corrected chi connectivity index (χ4v) is 7.12. The molecule has 2 aromatic carbocycles. The zero-order valence-corrected chi connectivity index (χ0v) is 23.7. The van der Waals surface area contributed by atoms with Crippen LogP contribution < -0.4 is 0 Å². The molecule has 4 atom stereocenters. The van der Waals surface area contributed by atoms with Crippen LogP contribution in [-0.4, -0.2) is 0 Å². The molecule has 0 bridgehead atoms. The smallest absolute Gasteiger partial charge is 0.00827 e. The van der Waals surface area contributed by atoms with E-state index in [1.807, 2.05) is 0 Å². The highest BCUT2D eigenvalue weighted by Gasteiger charge is 2.30. The molecular formula is C37H46. The van der Waals surface area contributed by atoms with Crippen LogP contribution in [0.1, 0.15) is 82.9 Å². The van der Waals surface area contributed by atoms with E-state index in [1.165, 1.54) is 76.6 Å². The lowest BCUT2D eigenvalue weighted by Crippen LogP contribution is -2.21. The van der Waals surface area contributed by atoms with Crippen molar-refractivity contribution in [2.75, 3.05) is 0 Å². The number of allylic oxidation sites excluding steroid dienone is 5. The highest BCUT2D eigenvalue weighted by molar-refractivity contribution is 5.79. The van der Waals surface area contributed by atoms with Crippen LogP contribution in [0.4, 0.5) is 0 Å². The predicted molar refractivity (Wildman–Crippen MR) is 161 cm³/mol. The Balaban J connectivity index is 1.36. The van der Waals surface area contributed by atoms with Crippen molar-refractivity contribution in [1.29, 1.82) is 0 Å². The number of benzene rings is 2. The Labute approximate surface area is 226 Å². The van der Waals surface area contributed by atoms with Crippen LogP contribution >= 0.6 is 0 Å². The summed E-state index contributed by atoms with van der Waals surface area (Å²) in [7, 11) is 0. The van der Waals surface area contributed by atoms with Gasteiger partial charge >= 0.3 is 0 Å². The zero-order chi connectivity index (χ0) is 26.2. The molecular weight excluding hydrogens is 444 g/mol. The van der Waals surface area contributed by atoms with Crippen molar-refractivity contribution in [3.8, 4) is 11.1 Å². The number of rotatable bonds is 6. The van der Waals surface area contributed by atoms with Crippen LogP contribution in [0.2, 0.25) is 0 Å². The number of hydrogen-bond donors (Lipinski definition) is 0. The van der Waals surface area contributed by atoms with E-state index in [-0.39, 0.29) is 0 Å². The van der Waals surface area contributed by atoms with Gasteiger partial charge in [0.15, 0.2) is 0 Å². The summed E-state index contributed by atoms with van der Waals surface area (Å²) in [6.45, 7) is 18.5. The number of hydrogen-bond acceptors (Lipinski definition) is 0. The molecule has 0 aliphatic heterocycles. The largest absolute Gasteiger partial charge is 0.0986 e. The summed E-state index contributed by atoms with van der Waals surface area (Å²) in [5.74, 6) is 2.45. The molecule has 0 nitrogen and oxygen atoms in total. The van der Waals surface area contributed by atoms with E-state index < -0.39 is 0 Å². The molecule has 3 aliphatic rings. The lowest BCUT2D eigenvalue weighted by Gasteiger charge is -2.33. The van der Waals surface area contributed by atoms with Gasteiger partial charge in [0.05, 0.1) is 0 Å². The second-order valence-corrected chi connectivity index (χ2v) is 13.4. The van der Waals surface area contributed by atoms with Crippen molar-refractivity contribution in [1.82, 2.24) is 0 Å². The lowest BCUT2D eigenvalue weighted by molar-refractivity contribution is 0.255. The summed E-state index contributed by atoms with van der Waals surface area (Å²) >= 11 is 0. The number of fused-ring (bicyclic) bond motifs is 1. The minimum absolute atomic E-state index is 0.293. The van der Waals surface area contributed by atoms with Gasteiger partial charge in [-0.15, -0.1) is 0 Å². The standard InChI is InChI=1S/C37H46/c1-25-12-7-8-13-29(25)23-31-14-9-10-16-33(31)34-17-11-15-30-20-28(22-36(30)34)21-35-26(2)18-19-32(27(35)3)24-37(4,5)6/h9-11,14-20,25,29,32,35H,2-3,7-8,12-13,21-24H2,1,4-6H3/t25-,29-,32?,35?/m0/s1. The maximum absolute atomic E-state index is 4.60. The van der Waals surface area contributed by atoms with E-state index in [0.717, 1.165) is 31.1 Å². The Hall–Kier alpha value is -2.60. The first kappa shape index (κ1) is 26.0. The molecule has 2 aromatic rings. The van der Waals surface area contributed by atoms with Crippen molar-refractivity contribution in [3.05, 3.63) is 101 Å². The molecule has 0 spiro atoms. The molecule has 0 saturated heterocycles. The first-order valence-corrected chi connectivity index (χ1v) is 14.6. The van der Waals surface area contributed by atoms with Crippen LogP contribution in [0.5, 0.6) is 0 Å². The molecule has 5 rings (SSSR count). The second-order valence-electron chi connectivity index (χ2n) is 13.4. The van der Waals surface area contributed by atoms with Crippen LogP contribution in [0.25, 0.3) is 17.2 Å². The van der Waals surface area contributed by atoms with E-state index in [9.17, 15) is 0 Å². The normalized spacial score (nSPS) is 25.8. The third-order valence-electron chi connectivity index (χ3n) is 9.27. The molecule has 0 amide bonds. The molecule has 0 aromatic heterocycles. The predicted octanol–water partition coefficient (Wildman–Crippen LogP) is 10.4. The maximum Gasteiger partial charge on any atom is 0.00827 e. The Bertz CT molecular complexity index is 1230. The van der Waals surface area contributed by atoms with Gasteiger partial charge in [-0.25, -0.2) is 0 Å². The zero-order valence-electron chi connectivity index (χ0n) is 23.7. The SMILES string of the molecule is C=C1C=CC(CC(C)(C)C)C(=C)C1CC1=Cc2cccc(-c3ccccc3C[C@@H]3CCCC[C@@H]3C)c2C1. The Kier molecular flexibility index (Phi) is 7.49. The van der Waals surface area contributed by atoms with Crippen LogP contribution in [0, 0.1) is 29.1 Å². The van der Waals surface area contributed by atoms with Gasteiger partial charge in [0.1, 0.15) is 0 Å². The monoisotopic (exact) mass is 490 g/mol. The average molecular weight is 491 g/mol. The van der Waals surface area contributed by atoms with Gasteiger partial charge in [-0.3, -0.25) is 0 Å². The fourth-order valence-electron chi connectivity index (χ4n) is 7.12. The van der Waals surface area contributed by atoms with Gasteiger partial charge < -0.3 is 0 Å². The maximum atomic E-state index is 4.60. The van der Waals surface area contributed by atoms with E-state index in [2.05, 4.69) is 102 Å². The van der Waals surface area contributed by atoms with E-state index in [0.29, 0.717) is 17.3 Å². The van der Waals surface area contributed by atoms with Crippen molar-refractivity contribution in [2.24, 2.45) is 29.1 Å². The summed E-state index contributed by atoms with van der Waals surface area (Å²) in [6.07, 6.45) is 17.1. The molecule has 194 valence electrons. The van der Waals surface area contributed by atoms with Gasteiger partial charge in [-0.2, -0.15) is 0 Å². The Morgan fingerprint density at radius 3 is 2.43 bits per heavy atom. The first-order chi connectivity index (χ1) is 17.7. The van der Waals surface area contributed by atoms with Gasteiger partial charge in [0.25, 0.3) is 0 Å². The molecule has 1 saturated carbocycles. The van der Waals surface area contributed by atoms with Crippen molar-refractivity contribution < 1.29 is 0 Å². The van der Waals surface area contributed by atoms with E-state index in [4.69, 9.17) is 0 Å². The molecule has 0 N–H and O–H groups in total. The minimum atomic E-state index is 0.293. The Morgan fingerprint density at radius 1 is 0.892 bits per heavy atom. The van der Waals surface area contributed by atoms with Crippen LogP contribution in [0.3, 0.4) is 0 Å². The molecule has 1 fully saturated rings. The van der Waals surface area contributed by atoms with Gasteiger partial charge in [-0.05, 0) is 88.7 Å². The van der Waals surface area contributed by atoms with Crippen LogP contribution in [-0.2, 0) is 12.8 Å². The minimum Gasteiger partial charge on any atom is -0.0986 e. The molecule has 2 unspecified atom stereocenters. The van der Waals surface area contributed by atoms with E-state index in [1.54, 1.807) is 0 Å². The first-order valence-electron chi connectivity index (χ1n) is 14.6. The van der Waals surface area contributed by atoms with Gasteiger partial charge in [0, 0.05) is 5.92 Å². The average Bonchev–Trinajstić information content (AvgIpc) is 3.28. The third kappa shape index (κ3) is 5.79. The molecule has 0 heterocycles. The molecule has 0 heteroatoms. The molecule has 3 aliphatic carbocycles. The summed E-state index contributed by atoms with van der Waals surface area (Å²) in [4.78, 5) is 0. The highest BCUT2D eigenvalue weighted by Crippen LogP contribution is 2.44. The quantitative estimate of drug-likeness (QED) is 0.353. The molecule has 37 heavy (non-hydrogen) atoms. The fraction of sp³-hybridized carbons (Fsp3) is 0.459. The summed E-state index contributed by atoms with van der Waals surface area (Å²) in [5.41, 5.74) is 11.7. The Morgan fingerprint density at radius 2 is 1.65 bits per heavy atom. The van der Waals surface area contributed by atoms with Crippen molar-refractivity contribution >= 4 is 6.08 Å². The summed E-state index contributed by atoms with van der Waals surface area (Å²) in [5, 5.41) is 0. The van der Waals surface area contributed by atoms with E-state index >= 15 is 0 Å².